The molecule has 0 bridgehead atoms. The smallest absolute Gasteiger partial charge is 0.365 e. The summed E-state index contributed by atoms with van der Waals surface area (Å²) in [6, 6.07) is 10.3. The van der Waals surface area contributed by atoms with Crippen molar-refractivity contribution in [2.45, 2.75) is 26.7 Å². The quantitative estimate of drug-likeness (QED) is 0.335. The van der Waals surface area contributed by atoms with Crippen LogP contribution in [0.4, 0.5) is 0 Å². The Bertz CT molecular complexity index is 615. The van der Waals surface area contributed by atoms with E-state index in [1.165, 1.54) is 6.26 Å². The van der Waals surface area contributed by atoms with Crippen LogP contribution in [0.2, 0.25) is 0 Å². The number of rotatable bonds is 7. The molecule has 22 heavy (non-hydrogen) atoms. The van der Waals surface area contributed by atoms with E-state index in [1.807, 2.05) is 0 Å². The van der Waals surface area contributed by atoms with E-state index in [9.17, 15) is 4.79 Å². The Morgan fingerprint density at radius 3 is 2.64 bits per heavy atom. The molecule has 0 spiro atoms. The van der Waals surface area contributed by atoms with Crippen LogP contribution in [0.5, 0.6) is 5.75 Å². The van der Waals surface area contributed by atoms with Gasteiger partial charge in [0.15, 0.2) is 5.76 Å². The molecule has 0 saturated carbocycles. The summed E-state index contributed by atoms with van der Waals surface area (Å²) in [5, 5.41) is 3.77. The number of furan rings is 1. The lowest BCUT2D eigenvalue weighted by atomic mass is 10.2. The number of unbranched alkanes of at least 4 members (excludes halogenated alkanes) is 1. The van der Waals surface area contributed by atoms with Crippen LogP contribution in [0.25, 0.3) is 0 Å². The average Bonchev–Trinajstić information content (AvgIpc) is 3.08. The highest BCUT2D eigenvalue weighted by Gasteiger charge is 2.08. The van der Waals surface area contributed by atoms with Crippen LogP contribution in [0.3, 0.4) is 0 Å². The zero-order valence-electron chi connectivity index (χ0n) is 12.7. The maximum absolute atomic E-state index is 11.9. The lowest BCUT2D eigenvalue weighted by Crippen LogP contribution is -2.04. The lowest BCUT2D eigenvalue weighted by Gasteiger charge is -2.05. The molecule has 0 aliphatic heterocycles. The van der Waals surface area contributed by atoms with E-state index in [0.29, 0.717) is 23.6 Å². The minimum absolute atomic E-state index is 0.416. The van der Waals surface area contributed by atoms with Crippen molar-refractivity contribution < 1.29 is 18.8 Å². The number of nitrogens with zero attached hydrogens (tertiary/aromatic N) is 1. The highest BCUT2D eigenvalue weighted by Crippen LogP contribution is 2.14. The van der Waals surface area contributed by atoms with Crippen LogP contribution in [-0.4, -0.2) is 18.3 Å². The van der Waals surface area contributed by atoms with Gasteiger partial charge in [-0.3, -0.25) is 0 Å². The van der Waals surface area contributed by atoms with Crippen molar-refractivity contribution in [1.82, 2.24) is 0 Å². The molecule has 1 aromatic heterocycles. The van der Waals surface area contributed by atoms with Gasteiger partial charge in [0, 0.05) is 0 Å². The number of hydrogen-bond donors (Lipinski definition) is 0. The molecule has 0 saturated heterocycles. The SMILES string of the molecule is CCCCOc1ccc(C(=O)O/N=C(/C)c2ccco2)cc1. The first-order chi connectivity index (χ1) is 10.7. The Kier molecular flexibility index (Phi) is 5.77. The van der Waals surface area contributed by atoms with Gasteiger partial charge in [0.1, 0.15) is 11.5 Å². The van der Waals surface area contributed by atoms with Gasteiger partial charge < -0.3 is 14.0 Å². The first-order valence-electron chi connectivity index (χ1n) is 7.23. The zero-order valence-corrected chi connectivity index (χ0v) is 12.7. The van der Waals surface area contributed by atoms with E-state index in [2.05, 4.69) is 12.1 Å². The molecular formula is C17H19NO4. The predicted molar refractivity (Wildman–Crippen MR) is 83.2 cm³/mol. The van der Waals surface area contributed by atoms with Crippen LogP contribution in [0.1, 0.15) is 42.8 Å². The molecule has 2 rings (SSSR count). The summed E-state index contributed by atoms with van der Waals surface area (Å²) in [6.07, 6.45) is 3.62. The molecule has 0 atom stereocenters. The minimum atomic E-state index is -0.522. The average molecular weight is 301 g/mol. The Labute approximate surface area is 129 Å². The molecule has 0 fully saturated rings. The van der Waals surface area contributed by atoms with Crippen LogP contribution in [-0.2, 0) is 4.84 Å². The van der Waals surface area contributed by atoms with E-state index in [1.54, 1.807) is 43.3 Å². The second-order valence-electron chi connectivity index (χ2n) is 4.76. The molecular weight excluding hydrogens is 282 g/mol. The minimum Gasteiger partial charge on any atom is -0.494 e. The summed E-state index contributed by atoms with van der Waals surface area (Å²) >= 11 is 0. The number of oxime groups is 1. The predicted octanol–water partition coefficient (Wildman–Crippen LogP) is 4.04. The first-order valence-corrected chi connectivity index (χ1v) is 7.23. The fourth-order valence-corrected chi connectivity index (χ4v) is 1.71. The molecule has 1 heterocycles. The molecule has 0 N–H and O–H groups in total. The van der Waals surface area contributed by atoms with Gasteiger partial charge in [-0.2, -0.15) is 0 Å². The third kappa shape index (κ3) is 4.48. The molecule has 5 nitrogen and oxygen atoms in total. The topological polar surface area (TPSA) is 61.0 Å². The van der Waals surface area contributed by atoms with Crippen molar-refractivity contribution in [3.05, 3.63) is 54.0 Å². The summed E-state index contributed by atoms with van der Waals surface area (Å²) < 4.78 is 10.7. The maximum atomic E-state index is 11.9. The van der Waals surface area contributed by atoms with Gasteiger partial charge >= 0.3 is 5.97 Å². The zero-order chi connectivity index (χ0) is 15.8. The Morgan fingerprint density at radius 2 is 2.00 bits per heavy atom. The molecule has 2 aromatic rings. The van der Waals surface area contributed by atoms with Crippen molar-refractivity contribution in [3.8, 4) is 5.75 Å². The summed E-state index contributed by atoms with van der Waals surface area (Å²) in [7, 11) is 0. The molecule has 1 aromatic carbocycles. The summed E-state index contributed by atoms with van der Waals surface area (Å²) in [4.78, 5) is 16.8. The van der Waals surface area contributed by atoms with E-state index in [4.69, 9.17) is 14.0 Å². The monoisotopic (exact) mass is 301 g/mol. The van der Waals surface area contributed by atoms with Gasteiger partial charge in [-0.1, -0.05) is 18.5 Å². The van der Waals surface area contributed by atoms with Crippen LogP contribution < -0.4 is 4.74 Å². The van der Waals surface area contributed by atoms with Gasteiger partial charge in [0.25, 0.3) is 0 Å². The molecule has 5 heteroatoms. The summed E-state index contributed by atoms with van der Waals surface area (Å²) in [5.41, 5.74) is 0.914. The van der Waals surface area contributed by atoms with Crippen molar-refractivity contribution in [1.29, 1.82) is 0 Å². The molecule has 0 aliphatic carbocycles. The van der Waals surface area contributed by atoms with Crippen LogP contribution in [0, 0.1) is 0 Å². The highest BCUT2D eigenvalue weighted by molar-refractivity contribution is 5.97. The lowest BCUT2D eigenvalue weighted by molar-refractivity contribution is 0.0516. The fraction of sp³-hybridized carbons (Fsp3) is 0.294. The van der Waals surface area contributed by atoms with E-state index < -0.39 is 5.97 Å². The molecule has 0 aliphatic rings. The fourth-order valence-electron chi connectivity index (χ4n) is 1.71. The van der Waals surface area contributed by atoms with Gasteiger partial charge in [-0.15, -0.1) is 0 Å². The normalized spacial score (nSPS) is 11.3. The van der Waals surface area contributed by atoms with Crippen molar-refractivity contribution in [2.24, 2.45) is 5.16 Å². The third-order valence-electron chi connectivity index (χ3n) is 3.00. The second kappa shape index (κ2) is 8.02. The molecule has 0 radical (unpaired) electrons. The maximum Gasteiger partial charge on any atom is 0.365 e. The van der Waals surface area contributed by atoms with E-state index in [-0.39, 0.29) is 0 Å². The Hall–Kier alpha value is -2.56. The standard InChI is InChI=1S/C17H19NO4/c1-3-4-11-20-15-9-7-14(8-10-15)17(19)22-18-13(2)16-6-5-12-21-16/h5-10,12H,3-4,11H2,1-2H3/b18-13-. The number of carbonyl (C=O) groups excluding carboxylic acids is 1. The third-order valence-corrected chi connectivity index (χ3v) is 3.00. The Balaban J connectivity index is 1.91. The number of carbonyl (C=O) groups is 1. The first kappa shape index (κ1) is 15.8. The summed E-state index contributed by atoms with van der Waals surface area (Å²) in [6.45, 7) is 4.48. The van der Waals surface area contributed by atoms with Gasteiger partial charge in [-0.25, -0.2) is 4.79 Å². The van der Waals surface area contributed by atoms with E-state index in [0.717, 1.165) is 18.6 Å². The largest absolute Gasteiger partial charge is 0.494 e. The van der Waals surface area contributed by atoms with Crippen molar-refractivity contribution in [2.75, 3.05) is 6.61 Å². The molecule has 116 valence electrons. The van der Waals surface area contributed by atoms with Crippen LogP contribution >= 0.6 is 0 Å². The van der Waals surface area contributed by atoms with Gasteiger partial charge in [0.2, 0.25) is 0 Å². The number of benzene rings is 1. The van der Waals surface area contributed by atoms with Gasteiger partial charge in [-0.05, 0) is 49.7 Å². The van der Waals surface area contributed by atoms with Crippen molar-refractivity contribution in [3.63, 3.8) is 0 Å². The van der Waals surface area contributed by atoms with Gasteiger partial charge in [0.05, 0.1) is 18.4 Å². The summed E-state index contributed by atoms with van der Waals surface area (Å²) in [5.74, 6) is 0.777. The molecule has 0 unspecified atom stereocenters. The second-order valence-corrected chi connectivity index (χ2v) is 4.76. The highest BCUT2D eigenvalue weighted by atomic mass is 16.7. The van der Waals surface area contributed by atoms with Crippen LogP contribution in [0.15, 0.2) is 52.2 Å². The number of ether oxygens (including phenoxy) is 1. The Morgan fingerprint density at radius 1 is 1.23 bits per heavy atom. The van der Waals surface area contributed by atoms with Crippen molar-refractivity contribution >= 4 is 11.7 Å². The molecule has 0 amide bonds. The van der Waals surface area contributed by atoms with E-state index >= 15 is 0 Å². The number of hydrogen-bond acceptors (Lipinski definition) is 5.